The molecule has 0 bridgehead atoms. The lowest BCUT2D eigenvalue weighted by Gasteiger charge is -2.49. The van der Waals surface area contributed by atoms with Gasteiger partial charge in [0, 0.05) is 10.2 Å². The molecule has 0 spiro atoms. The Morgan fingerprint density at radius 3 is 2.68 bits per heavy atom. The van der Waals surface area contributed by atoms with Crippen LogP contribution in [0.25, 0.3) is 0 Å². The van der Waals surface area contributed by atoms with Crippen LogP contribution in [0.15, 0.2) is 11.3 Å². The van der Waals surface area contributed by atoms with Gasteiger partial charge in [0.1, 0.15) is 5.70 Å². The summed E-state index contributed by atoms with van der Waals surface area (Å²) in [6.07, 6.45) is 0. The minimum absolute atomic E-state index is 0.00967. The van der Waals surface area contributed by atoms with Crippen LogP contribution in [0.2, 0.25) is 19.6 Å². The molecule has 1 amide bonds. The summed E-state index contributed by atoms with van der Waals surface area (Å²) in [6.45, 7) is 7.85. The van der Waals surface area contributed by atoms with Gasteiger partial charge in [0.2, 0.25) is 14.2 Å². The quantitative estimate of drug-likeness (QED) is 0.310. The fourth-order valence-electron chi connectivity index (χ4n) is 2.16. The molecule has 2 aliphatic rings. The summed E-state index contributed by atoms with van der Waals surface area (Å²) < 4.78 is 6.34. The maximum absolute atomic E-state index is 12.4. The van der Waals surface area contributed by atoms with Crippen LogP contribution in [-0.2, 0) is 14.0 Å². The van der Waals surface area contributed by atoms with E-state index in [4.69, 9.17) is 4.43 Å². The van der Waals surface area contributed by atoms with Crippen LogP contribution in [0.3, 0.4) is 0 Å². The summed E-state index contributed by atoms with van der Waals surface area (Å²) in [5.74, 6) is 0.562. The van der Waals surface area contributed by atoms with Gasteiger partial charge in [-0.15, -0.1) is 11.8 Å². The summed E-state index contributed by atoms with van der Waals surface area (Å²) in [6, 6.07) is 0. The number of β-lactam (4-membered cyclic amide) rings is 1. The standard InChI is InChI=1S/C12H18INO3SSi/c1-7-10(15)14-9(12(16)17-19(2,3)4)8(5-13)6-18-11(7)14/h7,11H,5-6H2,1-4H3. The van der Waals surface area contributed by atoms with Gasteiger partial charge in [-0.1, -0.05) is 29.5 Å². The van der Waals surface area contributed by atoms with Gasteiger partial charge in [0.05, 0.1) is 11.3 Å². The van der Waals surface area contributed by atoms with Gasteiger partial charge >= 0.3 is 5.97 Å². The Morgan fingerprint density at radius 2 is 2.16 bits per heavy atom. The number of fused-ring (bicyclic) bond motifs is 1. The lowest BCUT2D eigenvalue weighted by atomic mass is 9.98. The Balaban J connectivity index is 2.30. The highest BCUT2D eigenvalue weighted by molar-refractivity contribution is 14.1. The molecule has 2 unspecified atom stereocenters. The first-order valence-corrected chi connectivity index (χ1v) is 12.2. The van der Waals surface area contributed by atoms with E-state index in [0.29, 0.717) is 5.70 Å². The van der Waals surface area contributed by atoms with Crippen molar-refractivity contribution in [2.45, 2.75) is 31.9 Å². The lowest BCUT2D eigenvalue weighted by molar-refractivity contribution is -0.150. The Hall–Kier alpha value is -0.0231. The zero-order valence-electron chi connectivity index (χ0n) is 11.5. The van der Waals surface area contributed by atoms with E-state index in [1.54, 1.807) is 16.7 Å². The van der Waals surface area contributed by atoms with E-state index in [-0.39, 0.29) is 23.2 Å². The third-order valence-electron chi connectivity index (χ3n) is 3.07. The largest absolute Gasteiger partial charge is 0.515 e. The van der Waals surface area contributed by atoms with Gasteiger partial charge in [0.15, 0.2) is 0 Å². The smallest absolute Gasteiger partial charge is 0.341 e. The summed E-state index contributed by atoms with van der Waals surface area (Å²) in [7, 11) is -1.94. The number of alkyl halides is 1. The zero-order chi connectivity index (χ0) is 14.4. The summed E-state index contributed by atoms with van der Waals surface area (Å²) in [5.41, 5.74) is 1.54. The first kappa shape index (κ1) is 15.4. The van der Waals surface area contributed by atoms with Crippen LogP contribution in [0, 0.1) is 5.92 Å². The lowest BCUT2D eigenvalue weighted by Crippen LogP contribution is -2.60. The van der Waals surface area contributed by atoms with Crippen molar-refractivity contribution in [2.75, 3.05) is 10.2 Å². The molecule has 1 saturated heterocycles. The topological polar surface area (TPSA) is 46.6 Å². The van der Waals surface area contributed by atoms with Crippen molar-refractivity contribution in [1.29, 1.82) is 0 Å². The van der Waals surface area contributed by atoms with Crippen LogP contribution in [0.1, 0.15) is 6.92 Å². The molecule has 0 aromatic carbocycles. The number of amides is 1. The first-order valence-electron chi connectivity index (χ1n) is 6.22. The monoisotopic (exact) mass is 411 g/mol. The van der Waals surface area contributed by atoms with E-state index in [0.717, 1.165) is 15.8 Å². The van der Waals surface area contributed by atoms with Crippen LogP contribution < -0.4 is 0 Å². The zero-order valence-corrected chi connectivity index (χ0v) is 15.5. The summed E-state index contributed by atoms with van der Waals surface area (Å²) in [5, 5.41) is 0.114. The molecule has 0 saturated carbocycles. The van der Waals surface area contributed by atoms with Crippen molar-refractivity contribution in [3.63, 3.8) is 0 Å². The fourth-order valence-corrected chi connectivity index (χ4v) is 5.18. The Morgan fingerprint density at radius 1 is 1.53 bits per heavy atom. The first-order chi connectivity index (χ1) is 8.76. The number of hydrogen-bond donors (Lipinski definition) is 0. The molecule has 2 rings (SSSR count). The second kappa shape index (κ2) is 5.40. The molecule has 0 aliphatic carbocycles. The SMILES string of the molecule is CC1C(=O)N2C(C(=O)O[Si](C)(C)C)=C(CI)CSC12. The average Bonchev–Trinajstić information content (AvgIpc) is 2.33. The second-order valence-electron chi connectivity index (χ2n) is 5.79. The molecule has 2 atom stereocenters. The van der Waals surface area contributed by atoms with E-state index in [1.165, 1.54) is 0 Å². The molecule has 19 heavy (non-hydrogen) atoms. The second-order valence-corrected chi connectivity index (χ2v) is 12.1. The highest BCUT2D eigenvalue weighted by atomic mass is 127. The van der Waals surface area contributed by atoms with Crippen molar-refractivity contribution in [3.05, 3.63) is 11.3 Å². The van der Waals surface area contributed by atoms with Gasteiger partial charge < -0.3 is 4.43 Å². The predicted octanol–water partition coefficient (Wildman–Crippen LogP) is 2.60. The van der Waals surface area contributed by atoms with E-state index in [9.17, 15) is 9.59 Å². The number of halogens is 1. The molecule has 2 heterocycles. The third-order valence-corrected chi connectivity index (χ3v) is 6.26. The molecule has 1 fully saturated rings. The number of hydrogen-bond acceptors (Lipinski definition) is 4. The molecule has 2 aliphatic heterocycles. The average molecular weight is 411 g/mol. The van der Waals surface area contributed by atoms with E-state index in [1.807, 2.05) is 26.6 Å². The normalized spacial score (nSPS) is 27.0. The molecule has 4 nitrogen and oxygen atoms in total. The summed E-state index contributed by atoms with van der Waals surface area (Å²) in [4.78, 5) is 26.0. The Labute approximate surface area is 132 Å². The predicted molar refractivity (Wildman–Crippen MR) is 87.6 cm³/mol. The van der Waals surface area contributed by atoms with Gasteiger partial charge in [-0.3, -0.25) is 9.69 Å². The number of carbonyl (C=O) groups is 2. The third kappa shape index (κ3) is 2.87. The van der Waals surface area contributed by atoms with Crippen molar-refractivity contribution < 1.29 is 14.0 Å². The van der Waals surface area contributed by atoms with E-state index in [2.05, 4.69) is 22.6 Å². The highest BCUT2D eigenvalue weighted by Gasteiger charge is 2.51. The summed E-state index contributed by atoms with van der Waals surface area (Å²) >= 11 is 3.98. The van der Waals surface area contributed by atoms with Crippen molar-refractivity contribution >= 4 is 54.5 Å². The molecule has 0 N–H and O–H groups in total. The fraction of sp³-hybridized carbons (Fsp3) is 0.667. The number of rotatable bonds is 3. The van der Waals surface area contributed by atoms with Crippen LogP contribution in [0.4, 0.5) is 0 Å². The highest BCUT2D eigenvalue weighted by Crippen LogP contribution is 2.44. The Bertz CT molecular complexity index is 460. The van der Waals surface area contributed by atoms with Gasteiger partial charge in [-0.05, 0) is 25.2 Å². The molecule has 106 valence electrons. The van der Waals surface area contributed by atoms with Gasteiger partial charge in [0.25, 0.3) is 0 Å². The maximum atomic E-state index is 12.4. The molecular weight excluding hydrogens is 393 g/mol. The maximum Gasteiger partial charge on any atom is 0.341 e. The number of nitrogens with zero attached hydrogens (tertiary/aromatic N) is 1. The molecular formula is C12H18INO3SSi. The van der Waals surface area contributed by atoms with E-state index >= 15 is 0 Å². The molecule has 0 radical (unpaired) electrons. The minimum atomic E-state index is -1.94. The molecule has 0 aromatic heterocycles. The van der Waals surface area contributed by atoms with Crippen molar-refractivity contribution in [3.8, 4) is 0 Å². The van der Waals surface area contributed by atoms with Crippen molar-refractivity contribution in [1.82, 2.24) is 4.90 Å². The molecule has 0 aromatic rings. The number of carbonyl (C=O) groups excluding carboxylic acids is 2. The van der Waals surface area contributed by atoms with Crippen molar-refractivity contribution in [2.24, 2.45) is 5.92 Å². The number of thioether (sulfide) groups is 1. The Kier molecular flexibility index (Phi) is 4.37. The molecule has 7 heteroatoms. The van der Waals surface area contributed by atoms with Crippen LogP contribution in [0.5, 0.6) is 0 Å². The van der Waals surface area contributed by atoms with E-state index < -0.39 is 8.32 Å². The minimum Gasteiger partial charge on any atom is -0.515 e. The van der Waals surface area contributed by atoms with Crippen LogP contribution in [-0.4, -0.2) is 40.6 Å². The van der Waals surface area contributed by atoms with Crippen LogP contribution >= 0.6 is 34.4 Å². The van der Waals surface area contributed by atoms with Gasteiger partial charge in [-0.2, -0.15) is 0 Å². The van der Waals surface area contributed by atoms with Gasteiger partial charge in [-0.25, -0.2) is 4.79 Å².